The van der Waals surface area contributed by atoms with Gasteiger partial charge in [-0.3, -0.25) is 4.79 Å². The highest BCUT2D eigenvalue weighted by atomic mass is 16.6. The molecule has 0 bridgehead atoms. The lowest BCUT2D eigenvalue weighted by molar-refractivity contribution is -0.128. The predicted molar refractivity (Wildman–Crippen MR) is 56.7 cm³/mol. The quantitative estimate of drug-likeness (QED) is 0.495. The van der Waals surface area contributed by atoms with Gasteiger partial charge in [0.25, 0.3) is 0 Å². The van der Waals surface area contributed by atoms with E-state index in [1.165, 1.54) is 0 Å². The molecule has 0 aromatic carbocycles. The van der Waals surface area contributed by atoms with Gasteiger partial charge in [-0.05, 0) is 12.3 Å². The molecule has 0 saturated heterocycles. The summed E-state index contributed by atoms with van der Waals surface area (Å²) in [7, 11) is 3.54. The van der Waals surface area contributed by atoms with E-state index >= 15 is 0 Å². The number of amides is 1. The van der Waals surface area contributed by atoms with Crippen LogP contribution in [0.1, 0.15) is 26.7 Å². The molecule has 4 nitrogen and oxygen atoms in total. The van der Waals surface area contributed by atoms with Crippen LogP contribution >= 0.6 is 0 Å². The zero-order chi connectivity index (χ0) is 11.0. The van der Waals surface area contributed by atoms with Crippen molar-refractivity contribution >= 4 is 5.91 Å². The van der Waals surface area contributed by atoms with Crippen LogP contribution in [0.2, 0.25) is 0 Å². The van der Waals surface area contributed by atoms with E-state index in [4.69, 9.17) is 4.84 Å². The van der Waals surface area contributed by atoms with Crippen molar-refractivity contribution in [3.05, 3.63) is 0 Å². The van der Waals surface area contributed by atoms with E-state index in [-0.39, 0.29) is 5.91 Å². The fraction of sp³-hybridized carbons (Fsp3) is 0.900. The van der Waals surface area contributed by atoms with Crippen LogP contribution in [0.3, 0.4) is 0 Å². The number of hydrogen-bond acceptors (Lipinski definition) is 3. The van der Waals surface area contributed by atoms with Gasteiger partial charge in [-0.2, -0.15) is 0 Å². The summed E-state index contributed by atoms with van der Waals surface area (Å²) >= 11 is 0. The van der Waals surface area contributed by atoms with Gasteiger partial charge in [-0.1, -0.05) is 13.8 Å². The fourth-order valence-corrected chi connectivity index (χ4v) is 0.833. The molecule has 0 radical (unpaired) electrons. The van der Waals surface area contributed by atoms with Crippen molar-refractivity contribution in [3.8, 4) is 0 Å². The number of hydrogen-bond donors (Lipinski definition) is 1. The molecule has 0 spiro atoms. The summed E-state index contributed by atoms with van der Waals surface area (Å²) in [6.07, 6.45) is 1.39. The van der Waals surface area contributed by atoms with Crippen molar-refractivity contribution in [1.29, 1.82) is 0 Å². The molecular weight excluding hydrogens is 180 g/mol. The Hall–Kier alpha value is -0.610. The van der Waals surface area contributed by atoms with Gasteiger partial charge in [0.2, 0.25) is 5.91 Å². The largest absolute Gasteiger partial charge is 0.349 e. The Balaban J connectivity index is 3.18. The molecule has 0 aromatic heterocycles. The maximum absolute atomic E-state index is 11.1. The molecule has 0 atom stereocenters. The Morgan fingerprint density at radius 1 is 1.43 bits per heavy atom. The molecule has 4 heteroatoms. The van der Waals surface area contributed by atoms with Gasteiger partial charge in [0.1, 0.15) is 0 Å². The standard InChI is InChI=1S/C10H22N2O2/c1-9(2)8-14-11-7-5-6-10(13)12(3)4/h9,11H,5-8H2,1-4H3. The number of carbonyl (C=O) groups is 1. The maximum atomic E-state index is 11.1. The second-order valence-corrected chi connectivity index (χ2v) is 3.99. The summed E-state index contributed by atoms with van der Waals surface area (Å²) in [5, 5.41) is 0. The molecule has 0 saturated carbocycles. The highest BCUT2D eigenvalue weighted by molar-refractivity contribution is 5.75. The first-order chi connectivity index (χ1) is 6.54. The van der Waals surface area contributed by atoms with Crippen molar-refractivity contribution in [1.82, 2.24) is 10.4 Å². The Morgan fingerprint density at radius 2 is 2.07 bits per heavy atom. The molecule has 0 rings (SSSR count). The van der Waals surface area contributed by atoms with Gasteiger partial charge >= 0.3 is 0 Å². The monoisotopic (exact) mass is 202 g/mol. The first kappa shape index (κ1) is 13.4. The van der Waals surface area contributed by atoms with Gasteiger partial charge in [0, 0.05) is 27.1 Å². The first-order valence-electron chi connectivity index (χ1n) is 5.09. The summed E-state index contributed by atoms with van der Waals surface area (Å²) in [6, 6.07) is 0. The first-order valence-corrected chi connectivity index (χ1v) is 5.09. The van der Waals surface area contributed by atoms with Crippen molar-refractivity contribution in [2.75, 3.05) is 27.2 Å². The van der Waals surface area contributed by atoms with E-state index in [0.717, 1.165) is 13.0 Å². The van der Waals surface area contributed by atoms with Gasteiger partial charge in [-0.25, -0.2) is 5.48 Å². The fourth-order valence-electron chi connectivity index (χ4n) is 0.833. The lowest BCUT2D eigenvalue weighted by Gasteiger charge is -2.10. The lowest BCUT2D eigenvalue weighted by Crippen LogP contribution is -2.24. The van der Waals surface area contributed by atoms with Crippen LogP contribution in [0.5, 0.6) is 0 Å². The zero-order valence-corrected chi connectivity index (χ0v) is 9.67. The Morgan fingerprint density at radius 3 is 2.57 bits per heavy atom. The molecule has 1 amide bonds. The minimum atomic E-state index is 0.163. The van der Waals surface area contributed by atoms with Crippen molar-refractivity contribution in [2.24, 2.45) is 5.92 Å². The normalized spacial score (nSPS) is 10.6. The van der Waals surface area contributed by atoms with Crippen molar-refractivity contribution < 1.29 is 9.63 Å². The van der Waals surface area contributed by atoms with Crippen LogP contribution < -0.4 is 5.48 Å². The molecule has 0 unspecified atom stereocenters. The molecule has 0 aliphatic heterocycles. The third-order valence-corrected chi connectivity index (χ3v) is 1.69. The topological polar surface area (TPSA) is 41.6 Å². The SMILES string of the molecule is CC(C)CONCCCC(=O)N(C)C. The average molecular weight is 202 g/mol. The van der Waals surface area contributed by atoms with Crippen LogP contribution in [-0.2, 0) is 9.63 Å². The van der Waals surface area contributed by atoms with E-state index in [0.29, 0.717) is 18.9 Å². The highest BCUT2D eigenvalue weighted by Gasteiger charge is 2.02. The zero-order valence-electron chi connectivity index (χ0n) is 9.67. The van der Waals surface area contributed by atoms with Crippen LogP contribution in [0.4, 0.5) is 0 Å². The number of hydroxylamine groups is 1. The second kappa shape index (κ2) is 7.76. The summed E-state index contributed by atoms with van der Waals surface area (Å²) in [4.78, 5) is 17.9. The molecule has 0 fully saturated rings. The van der Waals surface area contributed by atoms with Gasteiger partial charge in [0.15, 0.2) is 0 Å². The maximum Gasteiger partial charge on any atom is 0.222 e. The highest BCUT2D eigenvalue weighted by Crippen LogP contribution is 1.93. The molecular formula is C10H22N2O2. The number of rotatable bonds is 7. The third-order valence-electron chi connectivity index (χ3n) is 1.69. The number of nitrogens with zero attached hydrogens (tertiary/aromatic N) is 1. The molecule has 14 heavy (non-hydrogen) atoms. The number of carbonyl (C=O) groups excluding carboxylic acids is 1. The second-order valence-electron chi connectivity index (χ2n) is 3.99. The molecule has 0 heterocycles. The van der Waals surface area contributed by atoms with Crippen molar-refractivity contribution in [2.45, 2.75) is 26.7 Å². The molecule has 0 aliphatic carbocycles. The minimum Gasteiger partial charge on any atom is -0.349 e. The predicted octanol–water partition coefficient (Wildman–Crippen LogP) is 1.03. The van der Waals surface area contributed by atoms with Gasteiger partial charge in [-0.15, -0.1) is 0 Å². The molecule has 84 valence electrons. The van der Waals surface area contributed by atoms with E-state index in [9.17, 15) is 4.79 Å². The van der Waals surface area contributed by atoms with Gasteiger partial charge < -0.3 is 9.74 Å². The Kier molecular flexibility index (Phi) is 7.42. The smallest absolute Gasteiger partial charge is 0.222 e. The Labute approximate surface area is 86.6 Å². The van der Waals surface area contributed by atoms with E-state index in [1.54, 1.807) is 19.0 Å². The van der Waals surface area contributed by atoms with E-state index in [2.05, 4.69) is 19.3 Å². The van der Waals surface area contributed by atoms with Crippen LogP contribution in [0.15, 0.2) is 0 Å². The van der Waals surface area contributed by atoms with Crippen molar-refractivity contribution in [3.63, 3.8) is 0 Å². The summed E-state index contributed by atoms with van der Waals surface area (Å²) in [6.45, 7) is 5.63. The van der Waals surface area contributed by atoms with Crippen LogP contribution in [0.25, 0.3) is 0 Å². The van der Waals surface area contributed by atoms with Crippen LogP contribution in [-0.4, -0.2) is 38.1 Å². The van der Waals surface area contributed by atoms with E-state index < -0.39 is 0 Å². The lowest BCUT2D eigenvalue weighted by atomic mass is 10.2. The molecule has 0 aromatic rings. The minimum absolute atomic E-state index is 0.163. The summed E-state index contributed by atoms with van der Waals surface area (Å²) in [5.41, 5.74) is 2.84. The average Bonchev–Trinajstić information content (AvgIpc) is 2.09. The Bertz CT molecular complexity index is 158. The third kappa shape index (κ3) is 8.01. The van der Waals surface area contributed by atoms with Crippen LogP contribution in [0, 0.1) is 5.92 Å². The molecule has 0 aliphatic rings. The summed E-state index contributed by atoms with van der Waals surface area (Å²) in [5.74, 6) is 0.696. The van der Waals surface area contributed by atoms with E-state index in [1.807, 2.05) is 0 Å². The molecule has 1 N–H and O–H groups in total. The van der Waals surface area contributed by atoms with Gasteiger partial charge in [0.05, 0.1) is 6.61 Å². The summed E-state index contributed by atoms with van der Waals surface area (Å²) < 4.78 is 0. The number of nitrogens with one attached hydrogen (secondary N) is 1.